The molecule has 0 fully saturated rings. The highest BCUT2D eigenvalue weighted by molar-refractivity contribution is 5.80. The van der Waals surface area contributed by atoms with Gasteiger partial charge in [0.05, 0.1) is 12.1 Å². The highest BCUT2D eigenvalue weighted by Gasteiger charge is 2.04. The summed E-state index contributed by atoms with van der Waals surface area (Å²) in [7, 11) is 0. The summed E-state index contributed by atoms with van der Waals surface area (Å²) >= 11 is 0. The normalized spacial score (nSPS) is 10.7. The van der Waals surface area contributed by atoms with Crippen LogP contribution in [0.3, 0.4) is 0 Å². The van der Waals surface area contributed by atoms with Crippen molar-refractivity contribution in [3.63, 3.8) is 0 Å². The third-order valence-electron chi connectivity index (χ3n) is 3.16. The number of phenols is 1. The van der Waals surface area contributed by atoms with Gasteiger partial charge in [-0.1, -0.05) is 30.3 Å². The van der Waals surface area contributed by atoms with Crippen LogP contribution < -0.4 is 5.56 Å². The number of pyridine rings is 1. The number of hydrogen-bond donors (Lipinski definition) is 1. The van der Waals surface area contributed by atoms with Gasteiger partial charge in [0.15, 0.2) is 0 Å². The molecule has 0 atom stereocenters. The zero-order chi connectivity index (χ0) is 13.2. The Morgan fingerprint density at radius 2 is 1.74 bits per heavy atom. The molecular formula is C16H13NO2. The van der Waals surface area contributed by atoms with Crippen molar-refractivity contribution in [2.45, 2.75) is 6.54 Å². The van der Waals surface area contributed by atoms with Gasteiger partial charge in [-0.05, 0) is 29.8 Å². The Morgan fingerprint density at radius 1 is 0.947 bits per heavy atom. The Labute approximate surface area is 110 Å². The zero-order valence-electron chi connectivity index (χ0n) is 10.3. The van der Waals surface area contributed by atoms with Crippen LogP contribution in [0.25, 0.3) is 10.9 Å². The van der Waals surface area contributed by atoms with E-state index in [1.807, 2.05) is 30.3 Å². The van der Waals surface area contributed by atoms with Gasteiger partial charge < -0.3 is 9.67 Å². The van der Waals surface area contributed by atoms with Crippen LogP contribution in [0, 0.1) is 0 Å². The quantitative estimate of drug-likeness (QED) is 0.761. The van der Waals surface area contributed by atoms with Crippen LogP contribution in [0.1, 0.15) is 5.56 Å². The summed E-state index contributed by atoms with van der Waals surface area (Å²) in [5.74, 6) is 0.206. The van der Waals surface area contributed by atoms with Crippen molar-refractivity contribution in [1.82, 2.24) is 4.57 Å². The second-order valence-electron chi connectivity index (χ2n) is 4.49. The molecule has 0 bridgehead atoms. The standard InChI is InChI=1S/C16H13NO2/c18-14-7-8-15-13(10-14)6-9-16(19)17(15)11-12-4-2-1-3-5-12/h1-10,18H,11H2. The number of nitrogens with zero attached hydrogens (tertiary/aromatic N) is 1. The summed E-state index contributed by atoms with van der Waals surface area (Å²) in [6.45, 7) is 0.530. The van der Waals surface area contributed by atoms with Crippen molar-refractivity contribution in [2.75, 3.05) is 0 Å². The van der Waals surface area contributed by atoms with Gasteiger partial charge in [0.2, 0.25) is 0 Å². The van der Waals surface area contributed by atoms with Gasteiger partial charge in [0.25, 0.3) is 5.56 Å². The molecule has 2 aromatic carbocycles. The number of phenolic OH excluding ortho intramolecular Hbond substituents is 1. The molecule has 0 aliphatic heterocycles. The molecule has 0 amide bonds. The van der Waals surface area contributed by atoms with E-state index in [1.54, 1.807) is 28.8 Å². The predicted octanol–water partition coefficient (Wildman–Crippen LogP) is 2.76. The van der Waals surface area contributed by atoms with Gasteiger partial charge in [-0.25, -0.2) is 0 Å². The maximum absolute atomic E-state index is 12.0. The molecule has 1 N–H and O–H groups in total. The van der Waals surface area contributed by atoms with E-state index < -0.39 is 0 Å². The van der Waals surface area contributed by atoms with Crippen LogP contribution >= 0.6 is 0 Å². The summed E-state index contributed by atoms with van der Waals surface area (Å²) in [4.78, 5) is 12.0. The fourth-order valence-corrected chi connectivity index (χ4v) is 2.22. The van der Waals surface area contributed by atoms with Gasteiger partial charge in [0, 0.05) is 11.5 Å². The number of aromatic nitrogens is 1. The molecule has 0 radical (unpaired) electrons. The molecule has 0 saturated heterocycles. The number of rotatable bonds is 2. The Bertz CT molecular complexity index is 776. The first-order valence-corrected chi connectivity index (χ1v) is 6.10. The minimum absolute atomic E-state index is 0.0398. The number of hydrogen-bond acceptors (Lipinski definition) is 2. The van der Waals surface area contributed by atoms with E-state index in [0.29, 0.717) is 6.54 Å². The van der Waals surface area contributed by atoms with Crippen molar-refractivity contribution in [3.05, 3.63) is 76.6 Å². The first-order valence-electron chi connectivity index (χ1n) is 6.10. The zero-order valence-corrected chi connectivity index (χ0v) is 10.3. The fourth-order valence-electron chi connectivity index (χ4n) is 2.22. The molecule has 0 saturated carbocycles. The lowest BCUT2D eigenvalue weighted by Crippen LogP contribution is -2.19. The first kappa shape index (κ1) is 11.5. The smallest absolute Gasteiger partial charge is 0.251 e. The topological polar surface area (TPSA) is 42.2 Å². The summed E-state index contributed by atoms with van der Waals surface area (Å²) in [5, 5.41) is 10.3. The number of aromatic hydroxyl groups is 1. The van der Waals surface area contributed by atoms with E-state index in [-0.39, 0.29) is 11.3 Å². The minimum atomic E-state index is -0.0398. The van der Waals surface area contributed by atoms with Crippen molar-refractivity contribution in [3.8, 4) is 5.75 Å². The number of fused-ring (bicyclic) bond motifs is 1. The lowest BCUT2D eigenvalue weighted by Gasteiger charge is -2.10. The van der Waals surface area contributed by atoms with Crippen molar-refractivity contribution < 1.29 is 5.11 Å². The molecule has 0 unspecified atom stereocenters. The van der Waals surface area contributed by atoms with Crippen LogP contribution in [0.15, 0.2) is 65.5 Å². The summed E-state index contributed by atoms with van der Waals surface area (Å²) < 4.78 is 1.71. The van der Waals surface area contributed by atoms with Gasteiger partial charge in [-0.15, -0.1) is 0 Å². The maximum Gasteiger partial charge on any atom is 0.251 e. The molecule has 1 aromatic heterocycles. The molecule has 94 valence electrons. The fraction of sp³-hybridized carbons (Fsp3) is 0.0625. The third kappa shape index (κ3) is 2.22. The van der Waals surface area contributed by atoms with Gasteiger partial charge in [0.1, 0.15) is 5.75 Å². The average Bonchev–Trinajstić information content (AvgIpc) is 2.43. The Balaban J connectivity index is 2.17. The monoisotopic (exact) mass is 251 g/mol. The van der Waals surface area contributed by atoms with Crippen LogP contribution in [-0.4, -0.2) is 9.67 Å². The van der Waals surface area contributed by atoms with Crippen molar-refractivity contribution in [2.24, 2.45) is 0 Å². The molecule has 0 aliphatic carbocycles. The Hall–Kier alpha value is -2.55. The predicted molar refractivity (Wildman–Crippen MR) is 75.4 cm³/mol. The SMILES string of the molecule is O=c1ccc2cc(O)ccc2n1Cc1ccccc1. The maximum atomic E-state index is 12.0. The second kappa shape index (κ2) is 4.61. The molecule has 1 heterocycles. The molecule has 19 heavy (non-hydrogen) atoms. The molecule has 0 spiro atoms. The lowest BCUT2D eigenvalue weighted by atomic mass is 10.1. The van der Waals surface area contributed by atoms with E-state index in [4.69, 9.17) is 0 Å². The Morgan fingerprint density at radius 3 is 2.53 bits per heavy atom. The van der Waals surface area contributed by atoms with E-state index in [0.717, 1.165) is 16.5 Å². The molecule has 3 aromatic rings. The number of benzene rings is 2. The highest BCUT2D eigenvalue weighted by Crippen LogP contribution is 2.19. The lowest BCUT2D eigenvalue weighted by molar-refractivity contribution is 0.476. The van der Waals surface area contributed by atoms with E-state index in [1.165, 1.54) is 6.07 Å². The van der Waals surface area contributed by atoms with Crippen molar-refractivity contribution in [1.29, 1.82) is 0 Å². The van der Waals surface area contributed by atoms with E-state index in [2.05, 4.69) is 0 Å². The Kier molecular flexibility index (Phi) is 2.80. The highest BCUT2D eigenvalue weighted by atomic mass is 16.3. The molecule has 3 nitrogen and oxygen atoms in total. The molecule has 0 aliphatic rings. The largest absolute Gasteiger partial charge is 0.508 e. The van der Waals surface area contributed by atoms with Gasteiger partial charge in [-0.2, -0.15) is 0 Å². The molecular weight excluding hydrogens is 238 g/mol. The van der Waals surface area contributed by atoms with Crippen molar-refractivity contribution >= 4 is 10.9 Å². The van der Waals surface area contributed by atoms with Crippen LogP contribution in [0.4, 0.5) is 0 Å². The van der Waals surface area contributed by atoms with Gasteiger partial charge >= 0.3 is 0 Å². The molecule has 3 heteroatoms. The van der Waals surface area contributed by atoms with Crippen LogP contribution in [-0.2, 0) is 6.54 Å². The average molecular weight is 251 g/mol. The summed E-state index contributed by atoms with van der Waals surface area (Å²) in [6.07, 6.45) is 0. The van der Waals surface area contributed by atoms with E-state index >= 15 is 0 Å². The van der Waals surface area contributed by atoms with Crippen LogP contribution in [0.2, 0.25) is 0 Å². The minimum Gasteiger partial charge on any atom is -0.508 e. The molecule has 3 rings (SSSR count). The third-order valence-corrected chi connectivity index (χ3v) is 3.16. The first-order chi connectivity index (χ1) is 9.24. The summed E-state index contributed by atoms with van der Waals surface area (Å²) in [6, 6.07) is 18.2. The second-order valence-corrected chi connectivity index (χ2v) is 4.49. The van der Waals surface area contributed by atoms with Gasteiger partial charge in [-0.3, -0.25) is 4.79 Å². The van der Waals surface area contributed by atoms with Crippen LogP contribution in [0.5, 0.6) is 5.75 Å². The van der Waals surface area contributed by atoms with E-state index in [9.17, 15) is 9.90 Å². The summed E-state index contributed by atoms with van der Waals surface area (Å²) in [5.41, 5.74) is 1.86.